The van der Waals surface area contributed by atoms with Crippen molar-refractivity contribution in [1.82, 2.24) is 70.3 Å². The van der Waals surface area contributed by atoms with Gasteiger partial charge < -0.3 is 49.2 Å². The lowest BCUT2D eigenvalue weighted by molar-refractivity contribution is -0.134. The predicted octanol–water partition coefficient (Wildman–Crippen LogP) is 14.3. The van der Waals surface area contributed by atoms with Gasteiger partial charge in [-0.2, -0.15) is 0 Å². The van der Waals surface area contributed by atoms with Crippen LogP contribution >= 0.6 is 0 Å². The molecule has 4 aliphatic rings. The molecule has 0 radical (unpaired) electrons. The van der Waals surface area contributed by atoms with E-state index in [1.807, 2.05) is 170 Å². The van der Waals surface area contributed by atoms with Crippen molar-refractivity contribution in [3.8, 4) is 67.9 Å². The zero-order valence-electron chi connectivity index (χ0n) is 50.3. The predicted molar refractivity (Wildman–Crippen MR) is 346 cm³/mol. The number of nitrogens with one attached hydrogen (secondary N) is 6. The van der Waals surface area contributed by atoms with Gasteiger partial charge >= 0.3 is 0 Å². The first-order valence-electron chi connectivity index (χ1n) is 31.6. The Labute approximate surface area is 520 Å². The van der Waals surface area contributed by atoms with E-state index in [9.17, 15) is 9.59 Å². The van der Waals surface area contributed by atoms with Crippen LogP contribution in [-0.4, -0.2) is 97.6 Å². The fourth-order valence-electron chi connectivity index (χ4n) is 13.4. The average Bonchev–Trinajstić information content (AvgIpc) is 2.51. The molecule has 452 valence electrons. The van der Waals surface area contributed by atoms with Gasteiger partial charge in [-0.15, -0.1) is 0 Å². The van der Waals surface area contributed by atoms with E-state index in [1.54, 1.807) is 0 Å². The molecule has 18 heteroatoms. The van der Waals surface area contributed by atoms with Crippen LogP contribution in [0, 0.1) is 0 Å². The SMILES string of the molecule is C[C@@H](C(=O)N1CCC[C@H]1c1ncc(-c2ccc(-c3nc4cc(-c5cnc([C@@H]6CCCN6C(=O)[C@H](C)c6ccccc6)[nH]5)ccc4o3)cc2)[nH]1)c1ccccc1.c1cc(-c2nc3cc(-c4cnc([C@@H]5CCCN5)[nH]4)ccc3o2)ccc1-c1cnc([C@@H]2CCCN2)[nH]1. The molecule has 6 atom stereocenters. The van der Waals surface area contributed by atoms with Gasteiger partial charge in [0.2, 0.25) is 23.6 Å². The maximum Gasteiger partial charge on any atom is 0.230 e. The fraction of sp³-hybridized carbons (Fsp3) is 0.278. The number of nitrogens with zero attached hydrogens (tertiary/aromatic N) is 8. The highest BCUT2D eigenvalue weighted by Crippen LogP contribution is 2.38. The summed E-state index contributed by atoms with van der Waals surface area (Å²) in [6.45, 7) is 7.53. The first kappa shape index (κ1) is 56.5. The summed E-state index contributed by atoms with van der Waals surface area (Å²) >= 11 is 0. The van der Waals surface area contributed by atoms with Gasteiger partial charge in [-0.3, -0.25) is 9.59 Å². The molecular formula is C72H70N14O4. The minimum atomic E-state index is -0.213. The number of aromatic nitrogens is 10. The number of oxazole rings is 2. The van der Waals surface area contributed by atoms with Crippen LogP contribution in [0.25, 0.3) is 90.1 Å². The molecule has 6 N–H and O–H groups in total. The van der Waals surface area contributed by atoms with Gasteiger partial charge in [0.15, 0.2) is 11.2 Å². The Kier molecular flexibility index (Phi) is 15.4. The van der Waals surface area contributed by atoms with Gasteiger partial charge in [-0.25, -0.2) is 29.9 Å². The van der Waals surface area contributed by atoms with Crippen molar-refractivity contribution in [1.29, 1.82) is 0 Å². The van der Waals surface area contributed by atoms with Crippen molar-refractivity contribution in [3.05, 3.63) is 205 Å². The number of likely N-dealkylation sites (tertiary alicyclic amines) is 2. The fourth-order valence-corrected chi connectivity index (χ4v) is 13.4. The summed E-state index contributed by atoms with van der Waals surface area (Å²) < 4.78 is 12.3. The smallest absolute Gasteiger partial charge is 0.230 e. The van der Waals surface area contributed by atoms with Crippen LogP contribution in [0.5, 0.6) is 0 Å². The van der Waals surface area contributed by atoms with E-state index >= 15 is 0 Å². The Morgan fingerprint density at radius 2 is 0.800 bits per heavy atom. The summed E-state index contributed by atoms with van der Waals surface area (Å²) in [4.78, 5) is 73.2. The van der Waals surface area contributed by atoms with Crippen LogP contribution in [0.2, 0.25) is 0 Å². The van der Waals surface area contributed by atoms with Crippen molar-refractivity contribution in [3.63, 3.8) is 0 Å². The largest absolute Gasteiger partial charge is 0.436 e. The molecule has 10 heterocycles. The molecule has 90 heavy (non-hydrogen) atoms. The second-order valence-electron chi connectivity index (χ2n) is 24.2. The Balaban J connectivity index is 0.000000165. The van der Waals surface area contributed by atoms with Gasteiger partial charge in [-0.1, -0.05) is 84.9 Å². The Morgan fingerprint density at radius 3 is 1.20 bits per heavy atom. The lowest BCUT2D eigenvalue weighted by Crippen LogP contribution is -2.34. The molecular weight excluding hydrogens is 1120 g/mol. The van der Waals surface area contributed by atoms with Crippen LogP contribution in [0.3, 0.4) is 0 Å². The van der Waals surface area contributed by atoms with Crippen LogP contribution in [0.4, 0.5) is 0 Å². The van der Waals surface area contributed by atoms with E-state index < -0.39 is 0 Å². The highest BCUT2D eigenvalue weighted by Gasteiger charge is 2.36. The quantitative estimate of drug-likeness (QED) is 0.0597. The molecule has 6 aromatic heterocycles. The third kappa shape index (κ3) is 11.3. The number of hydrogen-bond donors (Lipinski definition) is 6. The number of carbonyl (C=O) groups excluding carboxylic acids is 2. The summed E-state index contributed by atoms with van der Waals surface area (Å²) in [6, 6.07) is 48.8. The molecule has 4 fully saturated rings. The highest BCUT2D eigenvalue weighted by atomic mass is 16.4. The first-order chi connectivity index (χ1) is 44.2. The maximum absolute atomic E-state index is 13.6. The van der Waals surface area contributed by atoms with E-state index in [-0.39, 0.29) is 35.7 Å². The van der Waals surface area contributed by atoms with Gasteiger partial charge in [0.1, 0.15) is 34.3 Å². The topological polar surface area (TPSA) is 231 Å². The zero-order valence-corrected chi connectivity index (χ0v) is 50.3. The second-order valence-corrected chi connectivity index (χ2v) is 24.2. The van der Waals surface area contributed by atoms with E-state index in [4.69, 9.17) is 28.8 Å². The standard InChI is InChI=1S/C45H43N7O3.C27H27N7O/c1-28(30-11-5-3-6-12-30)44(53)51-23-9-15-38(51)41-46-26-36(48-41)32-17-19-33(20-18-32)43-50-35-25-34(21-22-40(35)55-43)37-27-47-42(49-37)39-16-10-24-52(39)45(54)29(2)31-13-7-4-8-14-31;1-3-19(28-11-1)25-30-14-22(32-25)16-5-7-17(8-6-16)27-34-21-13-18(9-10-24(21)35-27)23-15-31-26(33-23)20-4-2-12-29-20/h3-8,11-14,17-22,25-29,38-39H,9-10,15-16,23-24H2,1-2H3,(H,46,48)(H,47,49);5-10,13-15,19-20,28-29H,1-4,11-12H2,(H,30,32)(H,31,33)/t28-,29-,38+,39+;19-,20-/m10/s1. The molecule has 4 aliphatic heterocycles. The van der Waals surface area contributed by atoms with Gasteiger partial charge in [-0.05, 0) is 161 Å². The number of carbonyl (C=O) groups is 2. The van der Waals surface area contributed by atoms with Crippen molar-refractivity contribution in [2.45, 2.75) is 101 Å². The monoisotopic (exact) mass is 1190 g/mol. The molecule has 16 rings (SSSR count). The summed E-state index contributed by atoms with van der Waals surface area (Å²) in [7, 11) is 0. The lowest BCUT2D eigenvalue weighted by atomic mass is 9.99. The van der Waals surface area contributed by atoms with Gasteiger partial charge in [0.05, 0.1) is 83.6 Å². The second kappa shape index (κ2) is 24.5. The Bertz CT molecular complexity index is 4470. The van der Waals surface area contributed by atoms with E-state index in [2.05, 4.69) is 64.8 Å². The Hall–Kier alpha value is -10.0. The normalized spacial score (nSPS) is 19.0. The number of amides is 2. The molecule has 4 saturated heterocycles. The van der Waals surface area contributed by atoms with Gasteiger partial charge in [0, 0.05) is 35.3 Å². The minimum absolute atomic E-state index is 0.0694. The van der Waals surface area contributed by atoms with Gasteiger partial charge in [0.25, 0.3) is 0 Å². The van der Waals surface area contributed by atoms with E-state index in [0.29, 0.717) is 29.4 Å². The molecule has 6 aromatic carbocycles. The number of aromatic amines is 4. The minimum Gasteiger partial charge on any atom is -0.436 e. The molecule has 0 unspecified atom stereocenters. The van der Waals surface area contributed by atoms with Crippen molar-refractivity contribution >= 4 is 34.0 Å². The number of imidazole rings is 4. The van der Waals surface area contributed by atoms with Crippen LogP contribution in [0.1, 0.15) is 136 Å². The summed E-state index contributed by atoms with van der Waals surface area (Å²) in [5.41, 5.74) is 14.8. The van der Waals surface area contributed by atoms with Crippen LogP contribution in [-0.2, 0) is 9.59 Å². The molecule has 0 saturated carbocycles. The number of rotatable bonds is 14. The molecule has 18 nitrogen and oxygen atoms in total. The van der Waals surface area contributed by atoms with Crippen LogP contribution < -0.4 is 10.6 Å². The maximum atomic E-state index is 13.6. The summed E-state index contributed by atoms with van der Waals surface area (Å²) in [6.07, 6.45) is 15.8. The lowest BCUT2D eigenvalue weighted by Gasteiger charge is -2.26. The van der Waals surface area contributed by atoms with Crippen molar-refractivity contribution in [2.75, 3.05) is 26.2 Å². The molecule has 0 bridgehead atoms. The number of benzene rings is 6. The molecule has 0 spiro atoms. The Morgan fingerprint density at radius 1 is 0.433 bits per heavy atom. The highest BCUT2D eigenvalue weighted by molar-refractivity contribution is 5.86. The molecule has 0 aliphatic carbocycles. The van der Waals surface area contributed by atoms with Crippen molar-refractivity contribution < 1.29 is 18.4 Å². The molecule has 2 amide bonds. The number of hydrogen-bond acceptors (Lipinski definition) is 12. The summed E-state index contributed by atoms with van der Waals surface area (Å²) in [5.74, 6) is 4.63. The number of fused-ring (bicyclic) bond motifs is 2. The third-order valence-corrected chi connectivity index (χ3v) is 18.5. The first-order valence-corrected chi connectivity index (χ1v) is 31.6. The number of H-pyrrole nitrogens is 4. The molecule has 12 aromatic rings. The third-order valence-electron chi connectivity index (χ3n) is 18.5. The zero-order chi connectivity index (χ0) is 60.7. The van der Waals surface area contributed by atoms with Crippen molar-refractivity contribution in [2.24, 2.45) is 0 Å². The van der Waals surface area contributed by atoms with Crippen LogP contribution in [0.15, 0.2) is 179 Å². The average molecular weight is 1200 g/mol. The van der Waals surface area contributed by atoms with E-state index in [1.165, 1.54) is 12.8 Å². The summed E-state index contributed by atoms with van der Waals surface area (Å²) in [5, 5.41) is 6.97. The van der Waals surface area contributed by atoms with E-state index in [0.717, 1.165) is 172 Å².